The predicted octanol–water partition coefficient (Wildman–Crippen LogP) is 1.35. The maximum absolute atomic E-state index is 11.7. The van der Waals surface area contributed by atoms with Crippen molar-refractivity contribution in [3.63, 3.8) is 0 Å². The molecule has 0 bridgehead atoms. The van der Waals surface area contributed by atoms with Gasteiger partial charge < -0.3 is 19.9 Å². The minimum absolute atomic E-state index is 0.00422. The quantitative estimate of drug-likeness (QED) is 0.562. The lowest BCUT2D eigenvalue weighted by atomic mass is 10.3. The molecule has 0 aliphatic heterocycles. The van der Waals surface area contributed by atoms with Crippen molar-refractivity contribution in [1.29, 1.82) is 0 Å². The lowest BCUT2D eigenvalue weighted by Gasteiger charge is -2.10. The van der Waals surface area contributed by atoms with Gasteiger partial charge >= 0.3 is 0 Å². The Kier molecular flexibility index (Phi) is 7.22. The number of carbonyl (C=O) groups excluding carboxylic acids is 1. The van der Waals surface area contributed by atoms with Gasteiger partial charge in [0.1, 0.15) is 0 Å². The molecule has 0 fully saturated rings. The van der Waals surface area contributed by atoms with Gasteiger partial charge in [0.05, 0.1) is 19.6 Å². The van der Waals surface area contributed by atoms with Crippen LogP contribution in [0.5, 0.6) is 0 Å². The average Bonchev–Trinajstić information content (AvgIpc) is 2.62. The van der Waals surface area contributed by atoms with Gasteiger partial charge in [0, 0.05) is 23.7 Å². The van der Waals surface area contributed by atoms with Gasteiger partial charge in [-0.05, 0) is 33.2 Å². The Hall–Kier alpha value is -0.760. The van der Waals surface area contributed by atoms with Crippen LogP contribution in [-0.4, -0.2) is 56.2 Å². The van der Waals surface area contributed by atoms with Crippen LogP contribution in [0.3, 0.4) is 0 Å². The fourth-order valence-corrected chi connectivity index (χ4v) is 2.72. The van der Waals surface area contributed by atoms with Gasteiger partial charge in [0.25, 0.3) is 0 Å². The SMILES string of the molecule is Cc1[nH]c(=S)sc1CC(=O)NCCOCCN(C)C. The van der Waals surface area contributed by atoms with Gasteiger partial charge in [-0.1, -0.05) is 0 Å². The Morgan fingerprint density at radius 2 is 2.21 bits per heavy atom. The summed E-state index contributed by atoms with van der Waals surface area (Å²) < 4.78 is 6.11. The Bertz CT molecular complexity index is 454. The largest absolute Gasteiger partial charge is 0.378 e. The van der Waals surface area contributed by atoms with E-state index in [1.54, 1.807) is 0 Å². The van der Waals surface area contributed by atoms with E-state index in [0.29, 0.717) is 30.1 Å². The average molecular weight is 303 g/mol. The minimum atomic E-state index is 0.00422. The Morgan fingerprint density at radius 3 is 2.79 bits per heavy atom. The number of amides is 1. The smallest absolute Gasteiger partial charge is 0.225 e. The highest BCUT2D eigenvalue weighted by molar-refractivity contribution is 7.73. The van der Waals surface area contributed by atoms with Crippen LogP contribution in [-0.2, 0) is 16.0 Å². The number of likely N-dealkylation sites (N-methyl/N-ethyl adjacent to an activating group) is 1. The molecule has 0 saturated carbocycles. The molecule has 0 spiro atoms. The summed E-state index contributed by atoms with van der Waals surface area (Å²) in [7, 11) is 4.00. The van der Waals surface area contributed by atoms with Crippen molar-refractivity contribution >= 4 is 29.5 Å². The van der Waals surface area contributed by atoms with Crippen molar-refractivity contribution in [2.24, 2.45) is 0 Å². The zero-order valence-corrected chi connectivity index (χ0v) is 13.2. The van der Waals surface area contributed by atoms with Crippen molar-refractivity contribution in [2.45, 2.75) is 13.3 Å². The lowest BCUT2D eigenvalue weighted by molar-refractivity contribution is -0.120. The van der Waals surface area contributed by atoms with Crippen LogP contribution in [0.2, 0.25) is 0 Å². The Morgan fingerprint density at radius 1 is 1.47 bits per heavy atom. The summed E-state index contributed by atoms with van der Waals surface area (Å²) in [5.41, 5.74) is 0.979. The molecule has 108 valence electrons. The highest BCUT2D eigenvalue weighted by atomic mass is 32.1. The van der Waals surface area contributed by atoms with E-state index in [9.17, 15) is 4.79 Å². The number of rotatable bonds is 8. The number of thiazole rings is 1. The van der Waals surface area contributed by atoms with Gasteiger partial charge in [-0.2, -0.15) is 0 Å². The highest BCUT2D eigenvalue weighted by Crippen LogP contribution is 2.14. The van der Waals surface area contributed by atoms with Crippen molar-refractivity contribution in [1.82, 2.24) is 15.2 Å². The molecule has 0 saturated heterocycles. The molecule has 1 aromatic rings. The zero-order valence-electron chi connectivity index (χ0n) is 11.6. The van der Waals surface area contributed by atoms with Gasteiger partial charge in [-0.25, -0.2) is 0 Å². The number of hydrogen-bond acceptors (Lipinski definition) is 5. The number of aromatic amines is 1. The van der Waals surface area contributed by atoms with Crippen LogP contribution < -0.4 is 5.32 Å². The number of aryl methyl sites for hydroxylation is 1. The van der Waals surface area contributed by atoms with Gasteiger partial charge in [-0.15, -0.1) is 11.3 Å². The molecule has 0 radical (unpaired) electrons. The monoisotopic (exact) mass is 303 g/mol. The summed E-state index contributed by atoms with van der Waals surface area (Å²) in [6.07, 6.45) is 0.376. The molecular formula is C12H21N3O2S2. The molecule has 5 nitrogen and oxygen atoms in total. The van der Waals surface area contributed by atoms with Crippen LogP contribution >= 0.6 is 23.6 Å². The second-order valence-electron chi connectivity index (χ2n) is 4.51. The summed E-state index contributed by atoms with van der Waals surface area (Å²) in [5.74, 6) is 0.00422. The van der Waals surface area contributed by atoms with Crippen LogP contribution in [0.1, 0.15) is 10.6 Å². The van der Waals surface area contributed by atoms with Crippen molar-refractivity contribution in [3.8, 4) is 0 Å². The van der Waals surface area contributed by atoms with E-state index in [2.05, 4.69) is 15.2 Å². The molecule has 0 atom stereocenters. The van der Waals surface area contributed by atoms with Crippen molar-refractivity contribution < 1.29 is 9.53 Å². The summed E-state index contributed by atoms with van der Waals surface area (Å²) in [4.78, 5) is 17.8. The van der Waals surface area contributed by atoms with E-state index in [-0.39, 0.29) is 5.91 Å². The fraction of sp³-hybridized carbons (Fsp3) is 0.667. The lowest BCUT2D eigenvalue weighted by Crippen LogP contribution is -2.29. The molecule has 1 aromatic heterocycles. The standard InChI is InChI=1S/C12H21N3O2S2/c1-9-10(19-12(18)14-9)8-11(16)13-4-6-17-7-5-15(2)3/h4-8H2,1-3H3,(H,13,16)(H,14,18). The number of hydrogen-bond donors (Lipinski definition) is 2. The van der Waals surface area contributed by atoms with E-state index in [0.717, 1.165) is 17.1 Å². The maximum atomic E-state index is 11.7. The second-order valence-corrected chi connectivity index (χ2v) is 6.28. The van der Waals surface area contributed by atoms with E-state index >= 15 is 0 Å². The summed E-state index contributed by atoms with van der Waals surface area (Å²) in [6, 6.07) is 0. The third-order valence-electron chi connectivity index (χ3n) is 2.50. The number of aromatic nitrogens is 1. The molecule has 0 aliphatic carbocycles. The van der Waals surface area contributed by atoms with Crippen molar-refractivity contribution in [3.05, 3.63) is 14.5 Å². The van der Waals surface area contributed by atoms with E-state index in [1.807, 2.05) is 21.0 Å². The van der Waals surface area contributed by atoms with Gasteiger partial charge in [0.2, 0.25) is 5.91 Å². The van der Waals surface area contributed by atoms with Gasteiger partial charge in [-0.3, -0.25) is 4.79 Å². The minimum Gasteiger partial charge on any atom is -0.378 e. The molecule has 0 aliphatic rings. The van der Waals surface area contributed by atoms with Crippen LogP contribution in [0.4, 0.5) is 0 Å². The van der Waals surface area contributed by atoms with E-state index in [1.165, 1.54) is 11.3 Å². The van der Waals surface area contributed by atoms with Crippen LogP contribution in [0.15, 0.2) is 0 Å². The topological polar surface area (TPSA) is 57.4 Å². The van der Waals surface area contributed by atoms with E-state index in [4.69, 9.17) is 17.0 Å². The highest BCUT2D eigenvalue weighted by Gasteiger charge is 2.07. The maximum Gasteiger partial charge on any atom is 0.225 e. The number of nitrogens with one attached hydrogen (secondary N) is 2. The fourth-order valence-electron chi connectivity index (χ4n) is 1.43. The molecule has 1 heterocycles. The number of nitrogens with zero attached hydrogens (tertiary/aromatic N) is 1. The van der Waals surface area contributed by atoms with Crippen LogP contribution in [0, 0.1) is 10.9 Å². The molecule has 1 rings (SSSR count). The number of H-pyrrole nitrogens is 1. The second kappa shape index (κ2) is 8.42. The third kappa shape index (κ3) is 6.81. The Balaban J connectivity index is 2.15. The molecular weight excluding hydrogens is 282 g/mol. The molecule has 0 unspecified atom stereocenters. The van der Waals surface area contributed by atoms with Crippen molar-refractivity contribution in [2.75, 3.05) is 40.4 Å². The molecule has 19 heavy (non-hydrogen) atoms. The first-order valence-electron chi connectivity index (χ1n) is 6.17. The number of ether oxygens (including phenoxy) is 1. The molecule has 7 heteroatoms. The molecule has 0 aromatic carbocycles. The molecule has 1 amide bonds. The summed E-state index contributed by atoms with van der Waals surface area (Å²) >= 11 is 6.49. The molecule has 2 N–H and O–H groups in total. The first-order valence-corrected chi connectivity index (χ1v) is 7.39. The zero-order chi connectivity index (χ0) is 14.3. The van der Waals surface area contributed by atoms with Crippen LogP contribution in [0.25, 0.3) is 0 Å². The summed E-state index contributed by atoms with van der Waals surface area (Å²) in [5, 5.41) is 2.84. The number of carbonyl (C=O) groups is 1. The van der Waals surface area contributed by atoms with E-state index < -0.39 is 0 Å². The first-order chi connectivity index (χ1) is 8.99. The first kappa shape index (κ1) is 16.3. The summed E-state index contributed by atoms with van der Waals surface area (Å²) in [6.45, 7) is 4.59. The third-order valence-corrected chi connectivity index (χ3v) is 3.83. The van der Waals surface area contributed by atoms with Gasteiger partial charge in [0.15, 0.2) is 3.95 Å². The Labute approximate surface area is 123 Å². The predicted molar refractivity (Wildman–Crippen MR) is 80.3 cm³/mol. The normalized spacial score (nSPS) is 10.9.